The number of carbonyl (C=O) groups is 1. The minimum Gasteiger partial charge on any atom is -0.481 e. The van der Waals surface area contributed by atoms with E-state index in [9.17, 15) is 4.79 Å². The summed E-state index contributed by atoms with van der Waals surface area (Å²) < 4.78 is 5.82. The normalized spacial score (nSPS) is 12.5. The van der Waals surface area contributed by atoms with Crippen LogP contribution in [0.4, 0.5) is 11.4 Å². The molecule has 2 aromatic rings. The minimum atomic E-state index is -0.683. The van der Waals surface area contributed by atoms with Crippen LogP contribution in [0.25, 0.3) is 5.57 Å². The number of azo groups is 1. The Labute approximate surface area is 208 Å². The smallest absolute Gasteiger partial charge is 0.303 e. The van der Waals surface area contributed by atoms with E-state index >= 15 is 0 Å². The third-order valence-electron chi connectivity index (χ3n) is 5.92. The number of carboxylic acids is 1. The summed E-state index contributed by atoms with van der Waals surface area (Å²) in [5.74, 6) is -0.683. The van der Waals surface area contributed by atoms with Crippen LogP contribution < -0.4 is 0 Å². The molecule has 0 aliphatic heterocycles. The van der Waals surface area contributed by atoms with Crippen LogP contribution in [0, 0.1) is 0 Å². The van der Waals surface area contributed by atoms with Crippen LogP contribution in [-0.4, -0.2) is 17.7 Å². The van der Waals surface area contributed by atoms with Gasteiger partial charge in [0, 0.05) is 18.6 Å². The predicted octanol–water partition coefficient (Wildman–Crippen LogP) is 8.71. The minimum absolute atomic E-state index is 0.305. The molecule has 0 spiro atoms. The van der Waals surface area contributed by atoms with Crippen molar-refractivity contribution in [1.82, 2.24) is 0 Å². The summed E-state index contributed by atoms with van der Waals surface area (Å²) in [6.45, 7) is 1.40. The molecular formula is C30H36N2O3. The topological polar surface area (TPSA) is 71.2 Å². The molecule has 1 aliphatic rings. The van der Waals surface area contributed by atoms with Gasteiger partial charge in [0.25, 0.3) is 0 Å². The highest BCUT2D eigenvalue weighted by Gasteiger charge is 2.01. The number of unbranched alkanes of at least 4 members (excludes halogenated alkanes) is 8. The van der Waals surface area contributed by atoms with Crippen molar-refractivity contribution in [2.24, 2.45) is 10.2 Å². The summed E-state index contributed by atoms with van der Waals surface area (Å²) in [6.07, 6.45) is 16.5. The van der Waals surface area contributed by atoms with E-state index in [-0.39, 0.29) is 0 Å². The lowest BCUT2D eigenvalue weighted by Gasteiger charge is -2.05. The monoisotopic (exact) mass is 472 g/mol. The van der Waals surface area contributed by atoms with Crippen LogP contribution in [0.5, 0.6) is 0 Å². The number of hydrogen-bond acceptors (Lipinski definition) is 4. The second kappa shape index (κ2) is 15.6. The Balaban J connectivity index is 1.24. The Kier molecular flexibility index (Phi) is 11.7. The van der Waals surface area contributed by atoms with Gasteiger partial charge in [-0.3, -0.25) is 4.79 Å². The van der Waals surface area contributed by atoms with Gasteiger partial charge >= 0.3 is 5.97 Å². The molecule has 2 aromatic carbocycles. The van der Waals surface area contributed by atoms with Gasteiger partial charge < -0.3 is 9.84 Å². The average Bonchev–Trinajstić information content (AvgIpc) is 3.41. The Morgan fingerprint density at radius 3 is 2.20 bits per heavy atom. The summed E-state index contributed by atoms with van der Waals surface area (Å²) in [4.78, 5) is 10.5. The molecule has 0 aromatic heterocycles. The van der Waals surface area contributed by atoms with Crippen LogP contribution in [0.1, 0.15) is 75.3 Å². The standard InChI is InChI=1S/C30H36N2O3/c33-30(34)17-8-6-4-2-1-3-5-7-11-22-35-24-25-18-20-28(21-19-25)31-32-29-16-12-15-27(23-29)26-13-9-10-14-26/h9-10,12-13,15-16,18-21,23H,1-8,11,17,22,24H2,(H,33,34). The maximum Gasteiger partial charge on any atom is 0.303 e. The van der Waals surface area contributed by atoms with Crippen molar-refractivity contribution in [3.05, 3.63) is 83.6 Å². The molecule has 184 valence electrons. The molecule has 35 heavy (non-hydrogen) atoms. The lowest BCUT2D eigenvalue weighted by atomic mass is 10.1. The fraction of sp³-hybridized carbons (Fsp3) is 0.400. The molecule has 0 heterocycles. The molecule has 0 saturated carbocycles. The van der Waals surface area contributed by atoms with Gasteiger partial charge in [0.1, 0.15) is 0 Å². The quantitative estimate of drug-likeness (QED) is 0.142. The van der Waals surface area contributed by atoms with Gasteiger partial charge in [-0.1, -0.05) is 75.3 Å². The van der Waals surface area contributed by atoms with Gasteiger partial charge in [-0.2, -0.15) is 10.2 Å². The number of hydrogen-bond donors (Lipinski definition) is 1. The largest absolute Gasteiger partial charge is 0.481 e. The Morgan fingerprint density at radius 2 is 1.51 bits per heavy atom. The number of carboxylic acid groups (broad SMARTS) is 1. The SMILES string of the molecule is O=C(O)CCCCCCCCCCCOCc1ccc(N=Nc2cccc(C3=C=CC=C3)c2)cc1. The van der Waals surface area contributed by atoms with Crippen molar-refractivity contribution < 1.29 is 14.6 Å². The number of rotatable bonds is 17. The highest BCUT2D eigenvalue weighted by atomic mass is 16.5. The van der Waals surface area contributed by atoms with Gasteiger partial charge in [-0.25, -0.2) is 0 Å². The molecule has 0 atom stereocenters. The lowest BCUT2D eigenvalue weighted by molar-refractivity contribution is -0.137. The molecule has 0 radical (unpaired) electrons. The van der Waals surface area contributed by atoms with Crippen molar-refractivity contribution in [1.29, 1.82) is 0 Å². The molecule has 3 rings (SSSR count). The van der Waals surface area contributed by atoms with E-state index in [0.29, 0.717) is 13.0 Å². The first kappa shape index (κ1) is 26.3. The zero-order chi connectivity index (χ0) is 24.6. The highest BCUT2D eigenvalue weighted by Crippen LogP contribution is 2.24. The van der Waals surface area contributed by atoms with Gasteiger partial charge in [0.2, 0.25) is 0 Å². The number of benzene rings is 2. The van der Waals surface area contributed by atoms with E-state index in [1.165, 1.54) is 32.1 Å². The molecule has 0 saturated heterocycles. The van der Waals surface area contributed by atoms with Gasteiger partial charge in [-0.05, 0) is 60.4 Å². The third kappa shape index (κ3) is 10.7. The molecular weight excluding hydrogens is 436 g/mol. The van der Waals surface area contributed by atoms with E-state index in [4.69, 9.17) is 9.84 Å². The highest BCUT2D eigenvalue weighted by molar-refractivity contribution is 5.77. The number of aliphatic carboxylic acids is 1. The maximum atomic E-state index is 10.5. The number of allylic oxidation sites excluding steroid dienone is 3. The van der Waals surface area contributed by atoms with Gasteiger partial charge in [0.05, 0.1) is 18.0 Å². The molecule has 0 unspecified atom stereocenters. The Hall–Kier alpha value is -3.27. The van der Waals surface area contributed by atoms with E-state index in [1.54, 1.807) is 0 Å². The Bertz CT molecular complexity index is 1050. The zero-order valence-electron chi connectivity index (χ0n) is 20.5. The van der Waals surface area contributed by atoms with Gasteiger partial charge in [0.15, 0.2) is 0 Å². The van der Waals surface area contributed by atoms with Crippen molar-refractivity contribution >= 4 is 22.9 Å². The first-order chi connectivity index (χ1) is 17.2. The fourth-order valence-electron chi connectivity index (χ4n) is 3.93. The number of nitrogens with zero attached hydrogens (tertiary/aromatic N) is 2. The molecule has 1 N–H and O–H groups in total. The fourth-order valence-corrected chi connectivity index (χ4v) is 3.93. The average molecular weight is 473 g/mol. The first-order valence-corrected chi connectivity index (χ1v) is 12.7. The summed E-state index contributed by atoms with van der Waals surface area (Å²) in [6, 6.07) is 16.0. The van der Waals surface area contributed by atoms with Crippen molar-refractivity contribution in [2.45, 2.75) is 70.8 Å². The molecule has 5 nitrogen and oxygen atoms in total. The zero-order valence-corrected chi connectivity index (χ0v) is 20.5. The Morgan fingerprint density at radius 1 is 0.829 bits per heavy atom. The lowest BCUT2D eigenvalue weighted by Crippen LogP contribution is -1.95. The van der Waals surface area contributed by atoms with Crippen LogP contribution in [0.15, 0.2) is 82.7 Å². The second-order valence-electron chi connectivity index (χ2n) is 8.88. The second-order valence-corrected chi connectivity index (χ2v) is 8.88. The number of ether oxygens (including phenoxy) is 1. The molecule has 5 heteroatoms. The van der Waals surface area contributed by atoms with Gasteiger partial charge in [-0.15, -0.1) is 5.73 Å². The van der Waals surface area contributed by atoms with E-state index < -0.39 is 5.97 Å². The molecule has 1 aliphatic carbocycles. The summed E-state index contributed by atoms with van der Waals surface area (Å²) in [5.41, 5.74) is 8.14. The molecule has 0 bridgehead atoms. The van der Waals surface area contributed by atoms with Crippen LogP contribution >= 0.6 is 0 Å². The van der Waals surface area contributed by atoms with E-state index in [2.05, 4.69) is 22.0 Å². The summed E-state index contributed by atoms with van der Waals surface area (Å²) in [5, 5.41) is 17.4. The third-order valence-corrected chi connectivity index (χ3v) is 5.92. The summed E-state index contributed by atoms with van der Waals surface area (Å²) >= 11 is 0. The van der Waals surface area contributed by atoms with Crippen molar-refractivity contribution in [3.8, 4) is 0 Å². The van der Waals surface area contributed by atoms with Crippen LogP contribution in [0.2, 0.25) is 0 Å². The van der Waals surface area contributed by atoms with Crippen molar-refractivity contribution in [3.63, 3.8) is 0 Å². The van der Waals surface area contributed by atoms with E-state index in [1.807, 2.05) is 60.7 Å². The predicted molar refractivity (Wildman–Crippen MR) is 141 cm³/mol. The summed E-state index contributed by atoms with van der Waals surface area (Å²) in [7, 11) is 0. The molecule has 0 fully saturated rings. The van der Waals surface area contributed by atoms with E-state index in [0.717, 1.165) is 60.4 Å². The molecule has 0 amide bonds. The van der Waals surface area contributed by atoms with Crippen LogP contribution in [0.3, 0.4) is 0 Å². The first-order valence-electron chi connectivity index (χ1n) is 12.7. The van der Waals surface area contributed by atoms with Crippen LogP contribution in [-0.2, 0) is 16.1 Å². The van der Waals surface area contributed by atoms with Crippen molar-refractivity contribution in [2.75, 3.05) is 6.61 Å². The maximum absolute atomic E-state index is 10.5.